The van der Waals surface area contributed by atoms with Crippen LogP contribution >= 0.6 is 0 Å². The van der Waals surface area contributed by atoms with Gasteiger partial charge in [0.1, 0.15) is 9.84 Å². The van der Waals surface area contributed by atoms with Crippen molar-refractivity contribution in [2.75, 3.05) is 37.9 Å². The van der Waals surface area contributed by atoms with Crippen molar-refractivity contribution in [3.63, 3.8) is 0 Å². The minimum atomic E-state index is -3.18. The number of sulfone groups is 1. The van der Waals surface area contributed by atoms with E-state index in [9.17, 15) is 16.8 Å². The lowest BCUT2D eigenvalue weighted by atomic mass is 10.3. The van der Waals surface area contributed by atoms with Gasteiger partial charge in [0.25, 0.3) is 0 Å². The Morgan fingerprint density at radius 2 is 1.71 bits per heavy atom. The quantitative estimate of drug-likeness (QED) is 0.637. The summed E-state index contributed by atoms with van der Waals surface area (Å²) in [6, 6.07) is -0.114. The lowest BCUT2D eigenvalue weighted by Gasteiger charge is -2.27. The zero-order valence-electron chi connectivity index (χ0n) is 10.8. The molecule has 0 heterocycles. The number of nitrogens with zero attached hydrogens (tertiary/aromatic N) is 1. The van der Waals surface area contributed by atoms with Gasteiger partial charge in [-0.1, -0.05) is 6.92 Å². The largest absolute Gasteiger partial charge is 0.299 e. The Bertz CT molecular complexity index is 416. The van der Waals surface area contributed by atoms with Gasteiger partial charge in [-0.15, -0.1) is 0 Å². The third kappa shape index (κ3) is 9.51. The average molecular weight is 286 g/mol. The molecule has 17 heavy (non-hydrogen) atoms. The molecular formula is C9H22N2O4S2. The highest BCUT2D eigenvalue weighted by atomic mass is 32.2. The monoisotopic (exact) mass is 286 g/mol. The summed E-state index contributed by atoms with van der Waals surface area (Å²) in [6.07, 6.45) is 2.30. The van der Waals surface area contributed by atoms with Crippen molar-refractivity contribution in [2.24, 2.45) is 0 Å². The van der Waals surface area contributed by atoms with Gasteiger partial charge in [0.15, 0.2) is 0 Å². The van der Waals surface area contributed by atoms with Gasteiger partial charge in [0.05, 0.1) is 12.0 Å². The van der Waals surface area contributed by atoms with Gasteiger partial charge in [-0.3, -0.25) is 4.90 Å². The molecule has 1 N–H and O–H groups in total. The smallest absolute Gasteiger partial charge is 0.208 e. The van der Waals surface area contributed by atoms with Crippen LogP contribution in [0, 0.1) is 0 Å². The first-order valence-corrected chi connectivity index (χ1v) is 9.36. The third-order valence-corrected chi connectivity index (χ3v) is 4.15. The average Bonchev–Trinajstić information content (AvgIpc) is 2.07. The lowest BCUT2D eigenvalue weighted by molar-refractivity contribution is 0.239. The maximum atomic E-state index is 11.2. The second-order valence-corrected chi connectivity index (χ2v) is 8.25. The topological polar surface area (TPSA) is 83.6 Å². The molecule has 0 aliphatic heterocycles. The molecule has 0 aliphatic carbocycles. The summed E-state index contributed by atoms with van der Waals surface area (Å²) in [7, 11) is -6.20. The van der Waals surface area contributed by atoms with Gasteiger partial charge in [-0.2, -0.15) is 0 Å². The van der Waals surface area contributed by atoms with E-state index in [1.165, 1.54) is 6.26 Å². The molecular weight excluding hydrogens is 264 g/mol. The Morgan fingerprint density at radius 3 is 2.06 bits per heavy atom. The maximum absolute atomic E-state index is 11.2. The van der Waals surface area contributed by atoms with Crippen LogP contribution in [0.2, 0.25) is 0 Å². The molecule has 0 amide bonds. The second kappa shape index (κ2) is 6.67. The number of sulfonamides is 1. The van der Waals surface area contributed by atoms with Gasteiger partial charge in [-0.05, 0) is 13.5 Å². The molecule has 0 fully saturated rings. The van der Waals surface area contributed by atoms with Gasteiger partial charge >= 0.3 is 0 Å². The van der Waals surface area contributed by atoms with E-state index < -0.39 is 19.9 Å². The van der Waals surface area contributed by atoms with E-state index in [0.29, 0.717) is 19.6 Å². The lowest BCUT2D eigenvalue weighted by Crippen LogP contribution is -2.42. The van der Waals surface area contributed by atoms with Crippen molar-refractivity contribution < 1.29 is 16.8 Å². The van der Waals surface area contributed by atoms with Gasteiger partial charge in [-0.25, -0.2) is 21.6 Å². The summed E-state index contributed by atoms with van der Waals surface area (Å²) < 4.78 is 46.4. The third-order valence-electron chi connectivity index (χ3n) is 2.34. The molecule has 104 valence electrons. The van der Waals surface area contributed by atoms with E-state index in [1.54, 1.807) is 0 Å². The molecule has 0 rings (SSSR count). The van der Waals surface area contributed by atoms with Crippen LogP contribution in [0.15, 0.2) is 0 Å². The summed E-state index contributed by atoms with van der Waals surface area (Å²) in [5.74, 6) is 0.0831. The van der Waals surface area contributed by atoms with Crippen molar-refractivity contribution in [3.8, 4) is 0 Å². The van der Waals surface area contributed by atoms with E-state index >= 15 is 0 Å². The molecule has 0 bridgehead atoms. The van der Waals surface area contributed by atoms with Gasteiger partial charge in [0.2, 0.25) is 10.0 Å². The van der Waals surface area contributed by atoms with Crippen LogP contribution in [-0.4, -0.2) is 65.7 Å². The fourth-order valence-electron chi connectivity index (χ4n) is 1.61. The first kappa shape index (κ1) is 16.8. The maximum Gasteiger partial charge on any atom is 0.208 e. The van der Waals surface area contributed by atoms with Gasteiger partial charge < -0.3 is 0 Å². The van der Waals surface area contributed by atoms with Crippen LogP contribution in [-0.2, 0) is 19.9 Å². The number of likely N-dealkylation sites (N-methyl/N-ethyl adjacent to an activating group) is 1. The van der Waals surface area contributed by atoms with E-state index in [0.717, 1.165) is 6.26 Å². The molecule has 0 saturated carbocycles. The summed E-state index contributed by atoms with van der Waals surface area (Å²) in [5.41, 5.74) is 0. The van der Waals surface area contributed by atoms with Crippen LogP contribution < -0.4 is 4.72 Å². The van der Waals surface area contributed by atoms with E-state index in [1.807, 2.05) is 18.7 Å². The predicted octanol–water partition coefficient (Wildman–Crippen LogP) is -0.709. The fraction of sp³-hybridized carbons (Fsp3) is 1.00. The van der Waals surface area contributed by atoms with Crippen LogP contribution in [0.3, 0.4) is 0 Å². The molecule has 1 atom stereocenters. The summed E-state index contributed by atoms with van der Waals surface area (Å²) in [4.78, 5) is 1.93. The standard InChI is InChI=1S/C9H22N2O4S2/c1-5-11(7-6-10-17(4,14)15)9(2)8-16(3,12)13/h9-10H,5-8H2,1-4H3. The van der Waals surface area contributed by atoms with Crippen molar-refractivity contribution in [1.82, 2.24) is 9.62 Å². The summed E-state index contributed by atoms with van der Waals surface area (Å²) >= 11 is 0. The van der Waals surface area contributed by atoms with Crippen molar-refractivity contribution >= 4 is 19.9 Å². The highest BCUT2D eigenvalue weighted by Crippen LogP contribution is 2.01. The van der Waals surface area contributed by atoms with E-state index in [4.69, 9.17) is 0 Å². The minimum absolute atomic E-state index is 0.0831. The van der Waals surface area contributed by atoms with Crippen molar-refractivity contribution in [3.05, 3.63) is 0 Å². The van der Waals surface area contributed by atoms with Crippen LogP contribution in [0.1, 0.15) is 13.8 Å². The highest BCUT2D eigenvalue weighted by molar-refractivity contribution is 7.90. The summed E-state index contributed by atoms with van der Waals surface area (Å²) in [6.45, 7) is 5.22. The molecule has 6 nitrogen and oxygen atoms in total. The normalized spacial score (nSPS) is 15.1. The fourth-order valence-corrected chi connectivity index (χ4v) is 3.16. The highest BCUT2D eigenvalue weighted by Gasteiger charge is 2.17. The number of rotatable bonds is 8. The van der Waals surface area contributed by atoms with E-state index in [-0.39, 0.29) is 11.8 Å². The first-order chi connectivity index (χ1) is 7.55. The Labute approximate surface area is 104 Å². The molecule has 0 radical (unpaired) electrons. The zero-order chi connectivity index (χ0) is 13.7. The van der Waals surface area contributed by atoms with Crippen molar-refractivity contribution in [2.45, 2.75) is 19.9 Å². The van der Waals surface area contributed by atoms with E-state index in [2.05, 4.69) is 4.72 Å². The van der Waals surface area contributed by atoms with Crippen LogP contribution in [0.5, 0.6) is 0 Å². The molecule has 0 aromatic carbocycles. The zero-order valence-corrected chi connectivity index (χ0v) is 12.4. The first-order valence-electron chi connectivity index (χ1n) is 5.41. The van der Waals surface area contributed by atoms with Gasteiger partial charge in [0, 0.05) is 25.4 Å². The SMILES string of the molecule is CCN(CCNS(C)(=O)=O)C(C)CS(C)(=O)=O. The number of nitrogens with one attached hydrogen (secondary N) is 1. The molecule has 8 heteroatoms. The van der Waals surface area contributed by atoms with Crippen LogP contribution in [0.4, 0.5) is 0 Å². The Hall–Kier alpha value is -0.180. The predicted molar refractivity (Wildman–Crippen MR) is 69.3 cm³/mol. The number of hydrogen-bond donors (Lipinski definition) is 1. The molecule has 0 aromatic rings. The Kier molecular flexibility index (Phi) is 6.60. The molecule has 0 spiro atoms. The Balaban J connectivity index is 4.24. The molecule has 0 aromatic heterocycles. The van der Waals surface area contributed by atoms with Crippen molar-refractivity contribution in [1.29, 1.82) is 0 Å². The van der Waals surface area contributed by atoms with Crippen LogP contribution in [0.25, 0.3) is 0 Å². The summed E-state index contributed by atoms with van der Waals surface area (Å²) in [5, 5.41) is 0. The molecule has 0 aliphatic rings. The number of hydrogen-bond acceptors (Lipinski definition) is 5. The molecule has 0 saturated heterocycles. The second-order valence-electron chi connectivity index (χ2n) is 4.24. The molecule has 1 unspecified atom stereocenters. The Morgan fingerprint density at radius 1 is 1.18 bits per heavy atom. The minimum Gasteiger partial charge on any atom is -0.299 e.